The second-order valence-electron chi connectivity index (χ2n) is 9.09. The van der Waals surface area contributed by atoms with Crippen molar-refractivity contribution in [2.45, 2.75) is 18.9 Å². The highest BCUT2D eigenvalue weighted by atomic mass is 79.9. The molecule has 0 saturated heterocycles. The number of nitro groups is 2. The average Bonchev–Trinajstić information content (AvgIpc) is 3.23. The molecule has 0 radical (unpaired) electrons. The molecule has 0 bridgehead atoms. The number of thiazole rings is 1. The van der Waals surface area contributed by atoms with Crippen LogP contribution in [0.5, 0.6) is 5.75 Å². The maximum Gasteiger partial charge on any atom is 0.312 e. The smallest absolute Gasteiger partial charge is 0.312 e. The number of phenolic OH excluding ortho intramolecular Hbond substituents is 1. The summed E-state index contributed by atoms with van der Waals surface area (Å²) in [5.41, 5.74) is 3.76. The molecule has 1 atom stereocenters. The summed E-state index contributed by atoms with van der Waals surface area (Å²) in [6, 6.07) is 16.3. The van der Waals surface area contributed by atoms with Crippen molar-refractivity contribution < 1.29 is 15.0 Å². The Bertz CT molecular complexity index is 1940. The van der Waals surface area contributed by atoms with E-state index in [4.69, 9.17) is 4.99 Å². The summed E-state index contributed by atoms with van der Waals surface area (Å²) >= 11 is 4.27. The Morgan fingerprint density at radius 2 is 1.85 bits per heavy atom. The molecule has 1 aromatic heterocycles. The van der Waals surface area contributed by atoms with Gasteiger partial charge >= 0.3 is 5.69 Å². The van der Waals surface area contributed by atoms with Crippen LogP contribution < -0.4 is 14.9 Å². The number of nitrogens with zero attached hydrogens (tertiary/aromatic N) is 4. The Morgan fingerprint density at radius 3 is 2.62 bits per heavy atom. The van der Waals surface area contributed by atoms with Crippen molar-refractivity contribution in [3.05, 3.63) is 133 Å². The minimum Gasteiger partial charge on any atom is -0.501 e. The van der Waals surface area contributed by atoms with Gasteiger partial charge in [-0.2, -0.15) is 0 Å². The minimum absolute atomic E-state index is 0.0776. The number of rotatable bonds is 4. The quantitative estimate of drug-likeness (QED) is 0.266. The molecule has 0 saturated carbocycles. The van der Waals surface area contributed by atoms with Gasteiger partial charge in [0.2, 0.25) is 5.75 Å². The number of aromatic hydroxyl groups is 1. The van der Waals surface area contributed by atoms with Crippen LogP contribution in [0.4, 0.5) is 11.4 Å². The van der Waals surface area contributed by atoms with Crippen molar-refractivity contribution in [2.24, 2.45) is 4.99 Å². The van der Waals surface area contributed by atoms with Crippen molar-refractivity contribution >= 4 is 50.4 Å². The van der Waals surface area contributed by atoms with Crippen LogP contribution in [0, 0.1) is 20.2 Å². The van der Waals surface area contributed by atoms with Crippen molar-refractivity contribution in [3.63, 3.8) is 0 Å². The third-order valence-corrected chi connectivity index (χ3v) is 8.42. The molecule has 6 rings (SSSR count). The number of non-ortho nitro benzene ring substituents is 1. The molecule has 2 heterocycles. The van der Waals surface area contributed by atoms with Crippen molar-refractivity contribution in [2.75, 3.05) is 0 Å². The molecule has 1 aliphatic carbocycles. The third-order valence-electron chi connectivity index (χ3n) is 6.83. The third kappa shape index (κ3) is 4.17. The number of allylic oxidation sites excluding steroid dienone is 1. The molecule has 0 unspecified atom stereocenters. The number of halogens is 1. The average molecular weight is 605 g/mol. The van der Waals surface area contributed by atoms with E-state index in [0.717, 1.165) is 40.2 Å². The molecule has 3 aromatic carbocycles. The van der Waals surface area contributed by atoms with Gasteiger partial charge < -0.3 is 5.11 Å². The SMILES string of the molecule is O=c1/c(=C\c2cc(Br)c(O)c([N+](=O)[O-])c2)sc2n1[C@H](c1cccc([N+](=O)[O-])c1)C1=C(N=2)c2ccccc2CC1. The van der Waals surface area contributed by atoms with Crippen molar-refractivity contribution in [3.8, 4) is 5.75 Å². The number of benzene rings is 3. The molecule has 39 heavy (non-hydrogen) atoms. The number of nitro benzene ring substituents is 2. The van der Waals surface area contributed by atoms with E-state index < -0.39 is 27.3 Å². The van der Waals surface area contributed by atoms with E-state index in [1.165, 1.54) is 30.3 Å². The summed E-state index contributed by atoms with van der Waals surface area (Å²) in [5, 5.41) is 33.0. The van der Waals surface area contributed by atoms with Gasteiger partial charge in [0.1, 0.15) is 0 Å². The lowest BCUT2D eigenvalue weighted by Gasteiger charge is -2.30. The maximum atomic E-state index is 13.8. The van der Waals surface area contributed by atoms with Gasteiger partial charge in [-0.25, -0.2) is 4.99 Å². The summed E-state index contributed by atoms with van der Waals surface area (Å²) in [5.74, 6) is -0.504. The van der Waals surface area contributed by atoms with E-state index in [2.05, 4.69) is 15.9 Å². The molecule has 0 fully saturated rings. The zero-order chi connectivity index (χ0) is 27.4. The molecule has 1 N–H and O–H groups in total. The fraction of sp³-hybridized carbons (Fsp3) is 0.111. The van der Waals surface area contributed by atoms with E-state index in [9.17, 15) is 30.1 Å². The van der Waals surface area contributed by atoms with Gasteiger partial charge in [0.25, 0.3) is 11.2 Å². The molecule has 0 amide bonds. The Hall–Kier alpha value is -4.42. The second-order valence-corrected chi connectivity index (χ2v) is 11.0. The first kappa shape index (κ1) is 24.9. The molecular formula is C27H17BrN4O6S. The molecule has 194 valence electrons. The van der Waals surface area contributed by atoms with Crippen LogP contribution in [0.3, 0.4) is 0 Å². The van der Waals surface area contributed by atoms with Gasteiger partial charge in [-0.1, -0.05) is 47.7 Å². The second kappa shape index (κ2) is 9.40. The maximum absolute atomic E-state index is 13.8. The van der Waals surface area contributed by atoms with Gasteiger partial charge in [-0.05, 0) is 63.2 Å². The minimum atomic E-state index is -0.702. The Balaban J connectivity index is 1.62. The fourth-order valence-corrected chi connectivity index (χ4v) is 6.58. The highest BCUT2D eigenvalue weighted by Gasteiger charge is 2.33. The highest BCUT2D eigenvalue weighted by Crippen LogP contribution is 2.41. The number of fused-ring (bicyclic) bond motifs is 3. The number of hydrogen-bond acceptors (Lipinski definition) is 8. The monoisotopic (exact) mass is 604 g/mol. The van der Waals surface area contributed by atoms with E-state index in [1.807, 2.05) is 24.3 Å². The number of aromatic nitrogens is 1. The van der Waals surface area contributed by atoms with E-state index in [-0.39, 0.29) is 20.3 Å². The first-order chi connectivity index (χ1) is 18.7. The lowest BCUT2D eigenvalue weighted by atomic mass is 9.83. The Kier molecular flexibility index (Phi) is 6.00. The van der Waals surface area contributed by atoms with Crippen LogP contribution in [-0.4, -0.2) is 19.5 Å². The van der Waals surface area contributed by atoms with E-state index in [1.54, 1.807) is 16.7 Å². The molecule has 4 aromatic rings. The van der Waals surface area contributed by atoms with Crippen LogP contribution >= 0.6 is 27.3 Å². The summed E-state index contributed by atoms with van der Waals surface area (Å²) in [7, 11) is 0. The van der Waals surface area contributed by atoms with Gasteiger partial charge in [0.15, 0.2) is 4.80 Å². The Labute approximate surface area is 231 Å². The topological polar surface area (TPSA) is 141 Å². The molecule has 10 nitrogen and oxygen atoms in total. The molecule has 0 spiro atoms. The predicted octanol–water partition coefficient (Wildman–Crippen LogP) is 4.60. The van der Waals surface area contributed by atoms with E-state index in [0.29, 0.717) is 22.3 Å². The van der Waals surface area contributed by atoms with Gasteiger partial charge in [-0.15, -0.1) is 0 Å². The first-order valence-corrected chi connectivity index (χ1v) is 13.4. The lowest BCUT2D eigenvalue weighted by molar-refractivity contribution is -0.386. The first-order valence-electron chi connectivity index (χ1n) is 11.8. The zero-order valence-electron chi connectivity index (χ0n) is 19.9. The van der Waals surface area contributed by atoms with Crippen LogP contribution in [0.1, 0.15) is 34.7 Å². The van der Waals surface area contributed by atoms with Gasteiger partial charge in [0, 0.05) is 23.8 Å². The standard InChI is InChI=1S/C27H17BrN4O6S/c28-20-10-14(11-21(25(20)33)32(37)38)12-22-26(34)30-24(16-5-3-6-17(13-16)31(35)36)19-9-8-15-4-1-2-7-18(15)23(19)29-27(30)39-22/h1-7,10-13,24,33H,8-9H2/b22-12+/t24-/m1/s1. The largest absolute Gasteiger partial charge is 0.501 e. The van der Waals surface area contributed by atoms with Crippen LogP contribution in [0.25, 0.3) is 11.8 Å². The van der Waals surface area contributed by atoms with Gasteiger partial charge in [0.05, 0.1) is 30.6 Å². The molecule has 2 aliphatic rings. The van der Waals surface area contributed by atoms with Crippen molar-refractivity contribution in [1.29, 1.82) is 0 Å². The normalized spacial score (nSPS) is 16.2. The van der Waals surface area contributed by atoms with Crippen LogP contribution in [0.2, 0.25) is 0 Å². The number of phenols is 1. The van der Waals surface area contributed by atoms with Crippen molar-refractivity contribution in [1.82, 2.24) is 4.57 Å². The van der Waals surface area contributed by atoms with Gasteiger partial charge in [-0.3, -0.25) is 29.6 Å². The summed E-state index contributed by atoms with van der Waals surface area (Å²) < 4.78 is 1.95. The zero-order valence-corrected chi connectivity index (χ0v) is 22.3. The molecule has 1 aliphatic heterocycles. The predicted molar refractivity (Wildman–Crippen MR) is 148 cm³/mol. The summed E-state index contributed by atoms with van der Waals surface area (Å²) in [4.78, 5) is 41.0. The molecular weight excluding hydrogens is 588 g/mol. The fourth-order valence-electron chi connectivity index (χ4n) is 5.11. The Morgan fingerprint density at radius 1 is 1.05 bits per heavy atom. The van der Waals surface area contributed by atoms with E-state index >= 15 is 0 Å². The number of hydrogen-bond donors (Lipinski definition) is 1. The number of aryl methyl sites for hydroxylation is 1. The summed E-state index contributed by atoms with van der Waals surface area (Å²) in [6.45, 7) is 0. The summed E-state index contributed by atoms with van der Waals surface area (Å²) in [6.07, 6.45) is 2.89. The lowest BCUT2D eigenvalue weighted by Crippen LogP contribution is -2.38. The highest BCUT2D eigenvalue weighted by molar-refractivity contribution is 9.10. The molecule has 12 heteroatoms. The van der Waals surface area contributed by atoms with Crippen LogP contribution in [-0.2, 0) is 6.42 Å². The van der Waals surface area contributed by atoms with Crippen LogP contribution in [0.15, 0.2) is 80.5 Å².